The maximum absolute atomic E-state index is 5.91. The lowest BCUT2D eigenvalue weighted by Gasteiger charge is -2.12. The third-order valence-electron chi connectivity index (χ3n) is 3.15. The predicted molar refractivity (Wildman–Crippen MR) is 80.2 cm³/mol. The van der Waals surface area contributed by atoms with Crippen LogP contribution < -0.4 is 15.2 Å². The van der Waals surface area contributed by atoms with Crippen LogP contribution in [0.15, 0.2) is 24.3 Å². The molecule has 4 heteroatoms. The molecule has 0 radical (unpaired) electrons. The number of nitrogens with zero attached hydrogens (tertiary/aromatic N) is 1. The van der Waals surface area contributed by atoms with Gasteiger partial charge in [-0.1, -0.05) is 6.07 Å². The molecule has 0 aliphatic heterocycles. The first-order valence-corrected chi connectivity index (χ1v) is 6.50. The van der Waals surface area contributed by atoms with Gasteiger partial charge in [0, 0.05) is 29.6 Å². The molecular weight excluding hydrogens is 252 g/mol. The number of hydrogen-bond donors (Lipinski definition) is 1. The third kappa shape index (κ3) is 3.20. The van der Waals surface area contributed by atoms with Crippen LogP contribution in [0.2, 0.25) is 0 Å². The fourth-order valence-electron chi connectivity index (χ4n) is 2.05. The van der Waals surface area contributed by atoms with E-state index in [1.807, 2.05) is 45.0 Å². The highest BCUT2D eigenvalue weighted by Crippen LogP contribution is 2.25. The van der Waals surface area contributed by atoms with Crippen LogP contribution in [0.25, 0.3) is 0 Å². The van der Waals surface area contributed by atoms with Gasteiger partial charge >= 0.3 is 0 Å². The Morgan fingerprint density at radius 2 is 1.80 bits per heavy atom. The maximum atomic E-state index is 5.91. The summed E-state index contributed by atoms with van der Waals surface area (Å²) in [6.45, 7) is 6.31. The van der Waals surface area contributed by atoms with Gasteiger partial charge in [-0.3, -0.25) is 4.98 Å². The Balaban J connectivity index is 2.16. The lowest BCUT2D eigenvalue weighted by atomic mass is 10.1. The van der Waals surface area contributed by atoms with Gasteiger partial charge in [0.25, 0.3) is 0 Å². The average Bonchev–Trinajstić information content (AvgIpc) is 2.40. The standard InChI is InChI=1S/C16H20N2O2/c1-10-5-11(2)16(8-15(10)17)20-9-13-7-14(19-4)6-12(3)18-13/h5-8H,9,17H2,1-4H3. The summed E-state index contributed by atoms with van der Waals surface area (Å²) in [4.78, 5) is 4.43. The first-order chi connectivity index (χ1) is 9.49. The fourth-order valence-corrected chi connectivity index (χ4v) is 2.05. The van der Waals surface area contributed by atoms with Crippen LogP contribution in [0.1, 0.15) is 22.5 Å². The maximum Gasteiger partial charge on any atom is 0.130 e. The summed E-state index contributed by atoms with van der Waals surface area (Å²) in [6.07, 6.45) is 0. The number of pyridine rings is 1. The third-order valence-corrected chi connectivity index (χ3v) is 3.15. The number of aromatic nitrogens is 1. The number of anilines is 1. The van der Waals surface area contributed by atoms with Crippen molar-refractivity contribution in [3.63, 3.8) is 0 Å². The number of rotatable bonds is 4. The normalized spacial score (nSPS) is 10.4. The Morgan fingerprint density at radius 3 is 2.50 bits per heavy atom. The van der Waals surface area contributed by atoms with Crippen molar-refractivity contribution in [2.45, 2.75) is 27.4 Å². The number of nitrogen functional groups attached to an aromatic ring is 1. The highest BCUT2D eigenvalue weighted by Gasteiger charge is 2.06. The molecule has 2 aromatic rings. The fraction of sp³-hybridized carbons (Fsp3) is 0.312. The van der Waals surface area contributed by atoms with Gasteiger partial charge in [-0.15, -0.1) is 0 Å². The molecule has 2 rings (SSSR count). The van der Waals surface area contributed by atoms with Crippen molar-refractivity contribution >= 4 is 5.69 Å². The van der Waals surface area contributed by atoms with Crippen LogP contribution in [0.4, 0.5) is 5.69 Å². The van der Waals surface area contributed by atoms with E-state index in [0.717, 1.165) is 39.7 Å². The number of hydrogen-bond acceptors (Lipinski definition) is 4. The summed E-state index contributed by atoms with van der Waals surface area (Å²) in [6, 6.07) is 7.64. The van der Waals surface area contributed by atoms with Gasteiger partial charge in [0.2, 0.25) is 0 Å². The Labute approximate surface area is 119 Å². The Morgan fingerprint density at radius 1 is 1.05 bits per heavy atom. The number of methoxy groups -OCH3 is 1. The van der Waals surface area contributed by atoms with Gasteiger partial charge in [-0.25, -0.2) is 0 Å². The number of benzene rings is 1. The number of ether oxygens (including phenoxy) is 2. The van der Waals surface area contributed by atoms with Gasteiger partial charge in [0.1, 0.15) is 18.1 Å². The van der Waals surface area contributed by atoms with Crippen molar-refractivity contribution in [2.75, 3.05) is 12.8 Å². The average molecular weight is 272 g/mol. The monoisotopic (exact) mass is 272 g/mol. The quantitative estimate of drug-likeness (QED) is 0.868. The van der Waals surface area contributed by atoms with E-state index >= 15 is 0 Å². The molecule has 1 aromatic heterocycles. The van der Waals surface area contributed by atoms with E-state index in [2.05, 4.69) is 4.98 Å². The second kappa shape index (κ2) is 5.82. The zero-order valence-corrected chi connectivity index (χ0v) is 12.4. The lowest BCUT2D eigenvalue weighted by Crippen LogP contribution is -2.02. The van der Waals surface area contributed by atoms with E-state index < -0.39 is 0 Å². The molecule has 0 unspecified atom stereocenters. The van der Waals surface area contributed by atoms with Crippen LogP contribution in [-0.2, 0) is 6.61 Å². The zero-order valence-electron chi connectivity index (χ0n) is 12.4. The van der Waals surface area contributed by atoms with Crippen molar-refractivity contribution in [2.24, 2.45) is 0 Å². The molecule has 0 fully saturated rings. The Hall–Kier alpha value is -2.23. The van der Waals surface area contributed by atoms with E-state index in [-0.39, 0.29) is 0 Å². The topological polar surface area (TPSA) is 57.4 Å². The second-order valence-corrected chi connectivity index (χ2v) is 4.90. The molecule has 0 amide bonds. The molecule has 1 heterocycles. The van der Waals surface area contributed by atoms with Gasteiger partial charge in [0.15, 0.2) is 0 Å². The molecular formula is C16H20N2O2. The molecule has 0 aliphatic carbocycles. The zero-order chi connectivity index (χ0) is 14.7. The van der Waals surface area contributed by atoms with Crippen molar-refractivity contribution in [1.29, 1.82) is 0 Å². The van der Waals surface area contributed by atoms with Crippen molar-refractivity contribution < 1.29 is 9.47 Å². The minimum Gasteiger partial charge on any atom is -0.497 e. The number of nitrogens with two attached hydrogens (primary N) is 1. The van der Waals surface area contributed by atoms with Gasteiger partial charge in [-0.05, 0) is 31.9 Å². The summed E-state index contributed by atoms with van der Waals surface area (Å²) >= 11 is 0. The highest BCUT2D eigenvalue weighted by atomic mass is 16.5. The van der Waals surface area contributed by atoms with E-state index in [4.69, 9.17) is 15.2 Å². The molecule has 20 heavy (non-hydrogen) atoms. The molecule has 4 nitrogen and oxygen atoms in total. The number of aryl methyl sites for hydroxylation is 3. The first-order valence-electron chi connectivity index (χ1n) is 6.50. The molecule has 1 aromatic carbocycles. The molecule has 0 spiro atoms. The van der Waals surface area contributed by atoms with Crippen LogP contribution in [0.5, 0.6) is 11.5 Å². The Bertz CT molecular complexity index is 624. The molecule has 2 N–H and O–H groups in total. The molecule has 106 valence electrons. The summed E-state index contributed by atoms with van der Waals surface area (Å²) in [5, 5.41) is 0. The minimum absolute atomic E-state index is 0.390. The highest BCUT2D eigenvalue weighted by molar-refractivity contribution is 5.54. The molecule has 0 aliphatic rings. The predicted octanol–water partition coefficient (Wildman–Crippen LogP) is 3.18. The summed E-state index contributed by atoms with van der Waals surface area (Å²) in [5.74, 6) is 1.58. The molecule has 0 saturated carbocycles. The van der Waals surface area contributed by atoms with E-state index in [9.17, 15) is 0 Å². The van der Waals surface area contributed by atoms with Crippen molar-refractivity contribution in [3.8, 4) is 11.5 Å². The van der Waals surface area contributed by atoms with Gasteiger partial charge < -0.3 is 15.2 Å². The van der Waals surface area contributed by atoms with E-state index in [1.54, 1.807) is 7.11 Å². The van der Waals surface area contributed by atoms with Crippen LogP contribution in [0, 0.1) is 20.8 Å². The second-order valence-electron chi connectivity index (χ2n) is 4.90. The van der Waals surface area contributed by atoms with Crippen LogP contribution in [-0.4, -0.2) is 12.1 Å². The summed E-state index contributed by atoms with van der Waals surface area (Å²) < 4.78 is 11.0. The Kier molecular flexibility index (Phi) is 4.13. The lowest BCUT2D eigenvalue weighted by molar-refractivity contribution is 0.298. The van der Waals surface area contributed by atoms with Gasteiger partial charge in [0.05, 0.1) is 12.8 Å². The van der Waals surface area contributed by atoms with Crippen LogP contribution >= 0.6 is 0 Å². The smallest absolute Gasteiger partial charge is 0.130 e. The van der Waals surface area contributed by atoms with Crippen LogP contribution in [0.3, 0.4) is 0 Å². The first kappa shape index (κ1) is 14.2. The van der Waals surface area contributed by atoms with Crippen molar-refractivity contribution in [1.82, 2.24) is 4.98 Å². The molecule has 0 saturated heterocycles. The SMILES string of the molecule is COc1cc(C)nc(COc2cc(N)c(C)cc2C)c1. The minimum atomic E-state index is 0.390. The summed E-state index contributed by atoms with van der Waals surface area (Å²) in [7, 11) is 1.64. The largest absolute Gasteiger partial charge is 0.497 e. The van der Waals surface area contributed by atoms with Gasteiger partial charge in [-0.2, -0.15) is 0 Å². The van der Waals surface area contributed by atoms with E-state index in [1.165, 1.54) is 0 Å². The van der Waals surface area contributed by atoms with Crippen molar-refractivity contribution in [3.05, 3.63) is 46.8 Å². The summed E-state index contributed by atoms with van der Waals surface area (Å²) in [5.41, 5.74) is 10.5. The molecule has 0 atom stereocenters. The molecule has 0 bridgehead atoms. The van der Waals surface area contributed by atoms with E-state index in [0.29, 0.717) is 6.61 Å².